The van der Waals surface area contributed by atoms with Crippen molar-refractivity contribution in [1.82, 2.24) is 4.98 Å². The fourth-order valence-electron chi connectivity index (χ4n) is 6.17. The van der Waals surface area contributed by atoms with Gasteiger partial charge in [0.1, 0.15) is 0 Å². The van der Waals surface area contributed by atoms with E-state index in [1.54, 1.807) is 30.3 Å². The summed E-state index contributed by atoms with van der Waals surface area (Å²) in [5, 5.41) is 47.3. The van der Waals surface area contributed by atoms with Gasteiger partial charge in [0.05, 0.1) is 11.0 Å². The van der Waals surface area contributed by atoms with E-state index in [4.69, 9.17) is 4.98 Å². The zero-order valence-electron chi connectivity index (χ0n) is 21.4. The van der Waals surface area contributed by atoms with Gasteiger partial charge in [0.25, 0.3) is 0 Å². The molecule has 38 heavy (non-hydrogen) atoms. The third-order valence-electron chi connectivity index (χ3n) is 7.72. The number of fused-ring (bicyclic) bond motifs is 7. The molecular formula is C31H16K3NO3. The van der Waals surface area contributed by atoms with Gasteiger partial charge in [0.15, 0.2) is 0 Å². The standard InChI is InChI=1S/C31H17NO3.3K/c33-29-19-6-2-1-5-15(19)16-13-14-24-26-17(9-11-22(29)25(16)26)18-10-12-23-27(28(18)32-24)31(35)21-8-4-3-7-20(21)30(23)34;;;/h1-14,30-31,33H;;;/q-2;3*+1/p-1. The third kappa shape index (κ3) is 4.18. The van der Waals surface area contributed by atoms with Crippen molar-refractivity contribution in [3.63, 3.8) is 0 Å². The molecule has 0 saturated heterocycles. The molecule has 1 heterocycles. The summed E-state index contributed by atoms with van der Waals surface area (Å²) >= 11 is 0. The monoisotopic (exact) mass is 567 g/mol. The molecule has 0 aliphatic heterocycles. The Labute approximate surface area is 346 Å². The maximum Gasteiger partial charge on any atom is 1.00 e. The Morgan fingerprint density at radius 1 is 0.500 bits per heavy atom. The molecule has 0 spiro atoms. The maximum absolute atomic E-state index is 13.7. The molecule has 1 aromatic heterocycles. The second-order valence-corrected chi connectivity index (χ2v) is 9.38. The second kappa shape index (κ2) is 11.4. The van der Waals surface area contributed by atoms with Crippen LogP contribution in [0.3, 0.4) is 0 Å². The minimum atomic E-state index is -1.17. The fourth-order valence-corrected chi connectivity index (χ4v) is 6.17. The Hall–Kier alpha value is 0.659. The van der Waals surface area contributed by atoms with Crippen LogP contribution in [0.25, 0.3) is 54.1 Å². The molecule has 2 atom stereocenters. The summed E-state index contributed by atoms with van der Waals surface area (Å²) in [7, 11) is 0. The number of pyridine rings is 1. The van der Waals surface area contributed by atoms with Crippen molar-refractivity contribution in [2.24, 2.45) is 0 Å². The maximum atomic E-state index is 13.7. The van der Waals surface area contributed by atoms with Crippen LogP contribution in [-0.2, 0) is 0 Å². The predicted molar refractivity (Wildman–Crippen MR) is 133 cm³/mol. The molecule has 0 bridgehead atoms. The van der Waals surface area contributed by atoms with Gasteiger partial charge in [-0.25, -0.2) is 4.98 Å². The zero-order valence-corrected chi connectivity index (χ0v) is 30.8. The average molecular weight is 568 g/mol. The van der Waals surface area contributed by atoms with E-state index in [0.29, 0.717) is 38.5 Å². The molecule has 166 valence electrons. The smallest absolute Gasteiger partial charge is 0.872 e. The largest absolute Gasteiger partial charge is 1.00 e. The molecule has 7 aromatic rings. The summed E-state index contributed by atoms with van der Waals surface area (Å²) in [6.45, 7) is 0. The molecular weight excluding hydrogens is 552 g/mol. The van der Waals surface area contributed by atoms with Gasteiger partial charge < -0.3 is 15.3 Å². The van der Waals surface area contributed by atoms with E-state index in [2.05, 4.69) is 0 Å². The number of nitrogens with zero attached hydrogens (tertiary/aromatic N) is 1. The molecule has 1 aliphatic rings. The first-order valence-electron chi connectivity index (χ1n) is 11.7. The molecule has 8 rings (SSSR count). The van der Waals surface area contributed by atoms with E-state index in [0.717, 1.165) is 37.8 Å². The second-order valence-electron chi connectivity index (χ2n) is 9.38. The quantitative estimate of drug-likeness (QED) is 0.105. The van der Waals surface area contributed by atoms with Gasteiger partial charge in [0.2, 0.25) is 0 Å². The van der Waals surface area contributed by atoms with Gasteiger partial charge in [-0.1, -0.05) is 114 Å². The van der Waals surface area contributed by atoms with Crippen molar-refractivity contribution in [3.05, 3.63) is 107 Å². The van der Waals surface area contributed by atoms with Crippen molar-refractivity contribution in [2.75, 3.05) is 0 Å². The van der Waals surface area contributed by atoms with Gasteiger partial charge >= 0.3 is 154 Å². The summed E-state index contributed by atoms with van der Waals surface area (Å²) in [4.78, 5) is 4.97. The van der Waals surface area contributed by atoms with Crippen LogP contribution in [0.5, 0.6) is 5.75 Å². The predicted octanol–water partition coefficient (Wildman–Crippen LogP) is -4.42. The van der Waals surface area contributed by atoms with Crippen molar-refractivity contribution < 1.29 is 169 Å². The third-order valence-corrected chi connectivity index (χ3v) is 7.72. The van der Waals surface area contributed by atoms with Crippen LogP contribution >= 0.6 is 0 Å². The Morgan fingerprint density at radius 2 is 1.08 bits per heavy atom. The van der Waals surface area contributed by atoms with Crippen LogP contribution in [0.1, 0.15) is 34.5 Å². The topological polar surface area (TPSA) is 82.1 Å². The minimum absolute atomic E-state index is 0. The molecule has 0 saturated carbocycles. The SMILES string of the molecule is [K+].[K+].[K+].[O-]c1c2ccccc2c2ccc3nc4c5c(ccc4c4ccc1c2c34)C([O-])c1ccccc1C5[O-]. The molecule has 2 unspecified atom stereocenters. The summed E-state index contributed by atoms with van der Waals surface area (Å²) in [5.74, 6) is 0.0125. The van der Waals surface area contributed by atoms with Crippen LogP contribution in [-0.4, -0.2) is 4.98 Å². The Kier molecular flexibility index (Phi) is 9.03. The first-order chi connectivity index (χ1) is 17.1. The summed E-state index contributed by atoms with van der Waals surface area (Å²) in [5.41, 5.74) is 3.36. The van der Waals surface area contributed by atoms with Crippen LogP contribution in [0.15, 0.2) is 84.9 Å². The van der Waals surface area contributed by atoms with E-state index in [9.17, 15) is 15.3 Å². The van der Waals surface area contributed by atoms with Crippen LogP contribution in [0, 0.1) is 0 Å². The Bertz CT molecular complexity index is 2020. The number of hydrogen-bond donors (Lipinski definition) is 0. The molecule has 4 nitrogen and oxygen atoms in total. The number of benzene rings is 6. The minimum Gasteiger partial charge on any atom is -0.872 e. The van der Waals surface area contributed by atoms with Gasteiger partial charge in [-0.05, 0) is 43.9 Å². The zero-order chi connectivity index (χ0) is 23.4. The van der Waals surface area contributed by atoms with Crippen LogP contribution in [0.2, 0.25) is 0 Å². The fraction of sp³-hybridized carbons (Fsp3) is 0.0645. The van der Waals surface area contributed by atoms with Crippen molar-refractivity contribution in [3.8, 4) is 5.75 Å². The van der Waals surface area contributed by atoms with Crippen molar-refractivity contribution >= 4 is 54.1 Å². The van der Waals surface area contributed by atoms with E-state index in [-0.39, 0.29) is 160 Å². The van der Waals surface area contributed by atoms with Gasteiger partial charge in [-0.3, -0.25) is 0 Å². The summed E-state index contributed by atoms with van der Waals surface area (Å²) in [6.07, 6.45) is -2.29. The number of rotatable bonds is 0. The average Bonchev–Trinajstić information content (AvgIpc) is 2.91. The summed E-state index contributed by atoms with van der Waals surface area (Å²) < 4.78 is 0. The molecule has 0 N–H and O–H groups in total. The number of aromatic nitrogens is 1. The van der Waals surface area contributed by atoms with Gasteiger partial charge in [-0.15, -0.1) is 0 Å². The molecule has 1 aliphatic carbocycles. The normalized spacial score (nSPS) is 16.2. The molecule has 7 heteroatoms. The Morgan fingerprint density at radius 3 is 1.84 bits per heavy atom. The van der Waals surface area contributed by atoms with Crippen LogP contribution < -0.4 is 169 Å². The van der Waals surface area contributed by atoms with E-state index in [1.807, 2.05) is 54.6 Å². The van der Waals surface area contributed by atoms with E-state index >= 15 is 0 Å². The first kappa shape index (κ1) is 30.1. The van der Waals surface area contributed by atoms with Crippen molar-refractivity contribution in [2.45, 2.75) is 12.2 Å². The molecule has 0 fully saturated rings. The summed E-state index contributed by atoms with van der Waals surface area (Å²) in [6, 6.07) is 26.3. The first-order valence-corrected chi connectivity index (χ1v) is 11.7. The molecule has 0 amide bonds. The molecule has 0 radical (unpaired) electrons. The van der Waals surface area contributed by atoms with Crippen LogP contribution in [0.4, 0.5) is 0 Å². The van der Waals surface area contributed by atoms with Gasteiger partial charge in [-0.2, -0.15) is 0 Å². The van der Waals surface area contributed by atoms with Gasteiger partial charge in [0, 0.05) is 10.8 Å². The van der Waals surface area contributed by atoms with E-state index in [1.165, 1.54) is 0 Å². The van der Waals surface area contributed by atoms with E-state index < -0.39 is 12.2 Å². The number of hydrogen-bond acceptors (Lipinski definition) is 4. The van der Waals surface area contributed by atoms with Crippen molar-refractivity contribution in [1.29, 1.82) is 0 Å². The molecule has 6 aromatic carbocycles. The Balaban J connectivity index is 0.000000980.